The fourth-order valence-corrected chi connectivity index (χ4v) is 1.98. The molecule has 0 bridgehead atoms. The van der Waals surface area contributed by atoms with Crippen molar-refractivity contribution < 1.29 is 4.39 Å². The monoisotopic (exact) mass is 223 g/mol. The molecule has 90 valence electrons. The molecule has 1 N–H and O–H groups in total. The molecule has 16 heavy (non-hydrogen) atoms. The molecular formula is C14H22FN. The molecule has 0 spiro atoms. The summed E-state index contributed by atoms with van der Waals surface area (Å²) >= 11 is 0. The van der Waals surface area contributed by atoms with E-state index >= 15 is 0 Å². The summed E-state index contributed by atoms with van der Waals surface area (Å²) < 4.78 is 13.0. The van der Waals surface area contributed by atoms with E-state index in [0.29, 0.717) is 11.8 Å². The average Bonchev–Trinajstić information content (AvgIpc) is 2.20. The standard InChI is InChI=1S/C14H22FN/c1-10(2)13(9-16-4)8-12-5-6-14(15)7-11(12)3/h5-7,10,13,16H,8-9H2,1-4H3. The second kappa shape index (κ2) is 6.00. The van der Waals surface area contributed by atoms with Crippen LogP contribution in [0.5, 0.6) is 0 Å². The van der Waals surface area contributed by atoms with Crippen molar-refractivity contribution in [1.82, 2.24) is 5.32 Å². The fourth-order valence-electron chi connectivity index (χ4n) is 1.98. The minimum absolute atomic E-state index is 0.143. The van der Waals surface area contributed by atoms with Gasteiger partial charge in [-0.2, -0.15) is 0 Å². The minimum Gasteiger partial charge on any atom is -0.319 e. The summed E-state index contributed by atoms with van der Waals surface area (Å²) in [4.78, 5) is 0. The number of halogens is 1. The van der Waals surface area contributed by atoms with Crippen LogP contribution in [0.4, 0.5) is 4.39 Å². The van der Waals surface area contributed by atoms with Crippen molar-refractivity contribution in [2.45, 2.75) is 27.2 Å². The summed E-state index contributed by atoms with van der Waals surface area (Å²) in [5, 5.41) is 3.23. The maximum absolute atomic E-state index is 13.0. The number of rotatable bonds is 5. The Morgan fingerprint density at radius 2 is 2.00 bits per heavy atom. The van der Waals surface area contributed by atoms with Gasteiger partial charge in [-0.3, -0.25) is 0 Å². The highest BCUT2D eigenvalue weighted by molar-refractivity contribution is 5.27. The van der Waals surface area contributed by atoms with E-state index in [9.17, 15) is 4.39 Å². The largest absolute Gasteiger partial charge is 0.319 e. The van der Waals surface area contributed by atoms with Gasteiger partial charge in [0.25, 0.3) is 0 Å². The van der Waals surface area contributed by atoms with Crippen LogP contribution in [-0.4, -0.2) is 13.6 Å². The second-order valence-corrected chi connectivity index (χ2v) is 4.84. The average molecular weight is 223 g/mol. The van der Waals surface area contributed by atoms with Crippen LogP contribution >= 0.6 is 0 Å². The fraction of sp³-hybridized carbons (Fsp3) is 0.571. The zero-order chi connectivity index (χ0) is 12.1. The molecule has 0 amide bonds. The third-order valence-electron chi connectivity index (χ3n) is 3.20. The van der Waals surface area contributed by atoms with Crippen LogP contribution in [-0.2, 0) is 6.42 Å². The van der Waals surface area contributed by atoms with Crippen LogP contribution in [0.3, 0.4) is 0 Å². The van der Waals surface area contributed by atoms with Crippen molar-refractivity contribution in [1.29, 1.82) is 0 Å². The lowest BCUT2D eigenvalue weighted by Crippen LogP contribution is -2.25. The maximum atomic E-state index is 13.0. The van der Waals surface area contributed by atoms with Crippen LogP contribution in [0, 0.1) is 24.6 Å². The summed E-state index contributed by atoms with van der Waals surface area (Å²) in [7, 11) is 1.98. The van der Waals surface area contributed by atoms with Gasteiger partial charge in [0.15, 0.2) is 0 Å². The summed E-state index contributed by atoms with van der Waals surface area (Å²) in [6.07, 6.45) is 1.02. The van der Waals surface area contributed by atoms with Crippen LogP contribution in [0.1, 0.15) is 25.0 Å². The van der Waals surface area contributed by atoms with E-state index in [4.69, 9.17) is 0 Å². The Hall–Kier alpha value is -0.890. The first kappa shape index (κ1) is 13.2. The predicted octanol–water partition coefficient (Wildman–Crippen LogP) is 3.17. The summed E-state index contributed by atoms with van der Waals surface area (Å²) in [6, 6.07) is 5.08. The number of hydrogen-bond acceptors (Lipinski definition) is 1. The van der Waals surface area contributed by atoms with Gasteiger partial charge in [-0.1, -0.05) is 19.9 Å². The lowest BCUT2D eigenvalue weighted by Gasteiger charge is -2.21. The van der Waals surface area contributed by atoms with E-state index < -0.39 is 0 Å². The van der Waals surface area contributed by atoms with Gasteiger partial charge in [0.05, 0.1) is 0 Å². The molecule has 0 aliphatic heterocycles. The number of benzene rings is 1. The third kappa shape index (κ3) is 3.60. The SMILES string of the molecule is CNCC(Cc1ccc(F)cc1C)C(C)C. The molecule has 0 aliphatic rings. The van der Waals surface area contributed by atoms with Gasteiger partial charge in [0.2, 0.25) is 0 Å². The van der Waals surface area contributed by atoms with Crippen molar-refractivity contribution in [3.8, 4) is 0 Å². The molecule has 1 nitrogen and oxygen atoms in total. The molecular weight excluding hydrogens is 201 g/mol. The molecule has 0 radical (unpaired) electrons. The Kier molecular flexibility index (Phi) is 4.94. The van der Waals surface area contributed by atoms with E-state index in [1.807, 2.05) is 20.0 Å². The van der Waals surface area contributed by atoms with Crippen molar-refractivity contribution in [3.63, 3.8) is 0 Å². The molecule has 0 heterocycles. The summed E-state index contributed by atoms with van der Waals surface area (Å²) in [5.74, 6) is 1.10. The molecule has 0 aliphatic carbocycles. The molecule has 0 fully saturated rings. The van der Waals surface area contributed by atoms with Crippen LogP contribution in [0.2, 0.25) is 0 Å². The smallest absolute Gasteiger partial charge is 0.123 e. The van der Waals surface area contributed by atoms with Gasteiger partial charge in [-0.05, 0) is 62.0 Å². The first-order valence-corrected chi connectivity index (χ1v) is 5.94. The Morgan fingerprint density at radius 1 is 1.31 bits per heavy atom. The zero-order valence-electron chi connectivity index (χ0n) is 10.7. The van der Waals surface area contributed by atoms with E-state index in [2.05, 4.69) is 19.2 Å². The van der Waals surface area contributed by atoms with Crippen LogP contribution < -0.4 is 5.32 Å². The van der Waals surface area contributed by atoms with Crippen molar-refractivity contribution >= 4 is 0 Å². The third-order valence-corrected chi connectivity index (χ3v) is 3.20. The van der Waals surface area contributed by atoms with Gasteiger partial charge in [0, 0.05) is 0 Å². The van der Waals surface area contributed by atoms with E-state index in [-0.39, 0.29) is 5.82 Å². The Balaban J connectivity index is 2.77. The maximum Gasteiger partial charge on any atom is 0.123 e. The second-order valence-electron chi connectivity index (χ2n) is 4.84. The number of hydrogen-bond donors (Lipinski definition) is 1. The van der Waals surface area contributed by atoms with Gasteiger partial charge in [-0.15, -0.1) is 0 Å². The van der Waals surface area contributed by atoms with E-state index in [0.717, 1.165) is 18.5 Å². The highest BCUT2D eigenvalue weighted by Gasteiger charge is 2.14. The first-order valence-electron chi connectivity index (χ1n) is 5.94. The molecule has 1 aromatic rings. The molecule has 2 heteroatoms. The highest BCUT2D eigenvalue weighted by atomic mass is 19.1. The lowest BCUT2D eigenvalue weighted by atomic mass is 9.88. The normalized spacial score (nSPS) is 13.1. The molecule has 1 aromatic carbocycles. The minimum atomic E-state index is -0.143. The number of aryl methyl sites for hydroxylation is 1. The van der Waals surface area contributed by atoms with Gasteiger partial charge < -0.3 is 5.32 Å². The highest BCUT2D eigenvalue weighted by Crippen LogP contribution is 2.19. The summed E-state index contributed by atoms with van der Waals surface area (Å²) in [5.41, 5.74) is 2.32. The topological polar surface area (TPSA) is 12.0 Å². The molecule has 0 saturated carbocycles. The Labute approximate surface area is 98.1 Å². The van der Waals surface area contributed by atoms with E-state index in [1.54, 1.807) is 12.1 Å². The molecule has 1 unspecified atom stereocenters. The van der Waals surface area contributed by atoms with Gasteiger partial charge >= 0.3 is 0 Å². The molecule has 0 saturated heterocycles. The lowest BCUT2D eigenvalue weighted by molar-refractivity contribution is 0.370. The van der Waals surface area contributed by atoms with Crippen LogP contribution in [0.25, 0.3) is 0 Å². The van der Waals surface area contributed by atoms with Crippen molar-refractivity contribution in [2.24, 2.45) is 11.8 Å². The zero-order valence-corrected chi connectivity index (χ0v) is 10.7. The first-order chi connectivity index (χ1) is 7.54. The van der Waals surface area contributed by atoms with Crippen LogP contribution in [0.15, 0.2) is 18.2 Å². The quantitative estimate of drug-likeness (QED) is 0.808. The molecule has 1 rings (SSSR count). The van der Waals surface area contributed by atoms with Gasteiger partial charge in [0.1, 0.15) is 5.82 Å². The van der Waals surface area contributed by atoms with Gasteiger partial charge in [-0.25, -0.2) is 4.39 Å². The Bertz CT molecular complexity index is 334. The van der Waals surface area contributed by atoms with E-state index in [1.165, 1.54) is 5.56 Å². The number of nitrogens with one attached hydrogen (secondary N) is 1. The summed E-state index contributed by atoms with van der Waals surface area (Å²) in [6.45, 7) is 7.46. The van der Waals surface area contributed by atoms with Crippen molar-refractivity contribution in [3.05, 3.63) is 35.1 Å². The predicted molar refractivity (Wildman–Crippen MR) is 67.1 cm³/mol. The van der Waals surface area contributed by atoms with Crippen molar-refractivity contribution in [2.75, 3.05) is 13.6 Å². The molecule has 1 atom stereocenters. The Morgan fingerprint density at radius 3 is 2.50 bits per heavy atom. The molecule has 0 aromatic heterocycles.